The molecule has 1 aliphatic heterocycles. The van der Waals surface area contributed by atoms with E-state index >= 15 is 0 Å². The Morgan fingerprint density at radius 3 is 2.25 bits per heavy atom. The lowest BCUT2D eigenvalue weighted by Crippen LogP contribution is -2.26. The summed E-state index contributed by atoms with van der Waals surface area (Å²) < 4.78 is 1.97. The molecule has 0 aliphatic carbocycles. The SMILES string of the molecule is CN1C(=C(C#N)C(=O)CSc2nc3ccccc3n2C)N(C)c2ccccc21. The molecule has 0 spiro atoms. The van der Waals surface area contributed by atoms with Gasteiger partial charge >= 0.3 is 0 Å². The quantitative estimate of drug-likeness (QED) is 0.386. The van der Waals surface area contributed by atoms with Crippen LogP contribution in [0.25, 0.3) is 11.0 Å². The fraction of sp³-hybridized carbons (Fsp3) is 0.190. The average molecular weight is 389 g/mol. The van der Waals surface area contributed by atoms with E-state index in [1.165, 1.54) is 11.8 Å². The van der Waals surface area contributed by atoms with Crippen molar-refractivity contribution in [3.63, 3.8) is 0 Å². The molecule has 2 aromatic carbocycles. The van der Waals surface area contributed by atoms with Crippen molar-refractivity contribution >= 4 is 40.0 Å². The zero-order valence-electron chi connectivity index (χ0n) is 15.9. The van der Waals surface area contributed by atoms with E-state index in [0.717, 1.165) is 27.6 Å². The smallest absolute Gasteiger partial charge is 0.187 e. The molecule has 28 heavy (non-hydrogen) atoms. The second-order valence-corrected chi connectivity index (χ2v) is 7.51. The third kappa shape index (κ3) is 2.83. The number of carbonyl (C=O) groups is 1. The number of hydrogen-bond acceptors (Lipinski definition) is 6. The maximum Gasteiger partial charge on any atom is 0.187 e. The van der Waals surface area contributed by atoms with Crippen LogP contribution in [0.5, 0.6) is 0 Å². The van der Waals surface area contributed by atoms with Gasteiger partial charge in [-0.25, -0.2) is 4.98 Å². The minimum absolute atomic E-state index is 0.154. The molecule has 7 heteroatoms. The Labute approximate surface area is 167 Å². The molecule has 0 bridgehead atoms. The normalized spacial score (nSPS) is 13.0. The van der Waals surface area contributed by atoms with Gasteiger partial charge in [0.2, 0.25) is 0 Å². The number of fused-ring (bicyclic) bond motifs is 2. The molecule has 2 heterocycles. The summed E-state index contributed by atoms with van der Waals surface area (Å²) in [6.45, 7) is 0. The van der Waals surface area contributed by atoms with E-state index in [1.807, 2.05) is 84.0 Å². The van der Waals surface area contributed by atoms with Crippen LogP contribution in [0.3, 0.4) is 0 Å². The third-order valence-corrected chi connectivity index (χ3v) is 5.96. The molecule has 0 unspecified atom stereocenters. The number of ketones is 1. The Kier molecular flexibility index (Phi) is 4.57. The molecule has 0 atom stereocenters. The molecule has 0 saturated carbocycles. The summed E-state index contributed by atoms with van der Waals surface area (Å²) in [5.74, 6) is 0.557. The highest BCUT2D eigenvalue weighted by atomic mass is 32.2. The summed E-state index contributed by atoms with van der Waals surface area (Å²) in [7, 11) is 5.68. The first-order chi connectivity index (χ1) is 13.5. The molecule has 4 rings (SSSR count). The molecule has 0 fully saturated rings. The third-order valence-electron chi connectivity index (χ3n) is 4.93. The molecular weight excluding hydrogens is 370 g/mol. The monoisotopic (exact) mass is 389 g/mol. The van der Waals surface area contributed by atoms with Crippen molar-refractivity contribution < 1.29 is 4.79 Å². The second kappa shape index (κ2) is 7.06. The van der Waals surface area contributed by atoms with Crippen molar-refractivity contribution in [1.82, 2.24) is 9.55 Å². The van der Waals surface area contributed by atoms with Crippen LogP contribution in [0.2, 0.25) is 0 Å². The summed E-state index contributed by atoms with van der Waals surface area (Å²) in [4.78, 5) is 21.3. The van der Waals surface area contributed by atoms with E-state index in [2.05, 4.69) is 11.1 Å². The molecule has 0 N–H and O–H groups in total. The Morgan fingerprint density at radius 2 is 1.64 bits per heavy atom. The van der Waals surface area contributed by atoms with Crippen LogP contribution < -0.4 is 9.80 Å². The average Bonchev–Trinajstić information content (AvgIpc) is 3.17. The number of thioether (sulfide) groups is 1. The number of Topliss-reactive ketones (excluding diaryl/α,β-unsaturated/α-hetero) is 1. The fourth-order valence-electron chi connectivity index (χ4n) is 3.51. The Hall–Kier alpha value is -3.24. The van der Waals surface area contributed by atoms with Crippen LogP contribution in [-0.2, 0) is 11.8 Å². The van der Waals surface area contributed by atoms with Crippen molar-refractivity contribution in [2.45, 2.75) is 5.16 Å². The molecule has 6 nitrogen and oxygen atoms in total. The Balaban J connectivity index is 1.61. The summed E-state index contributed by atoms with van der Waals surface area (Å²) >= 11 is 1.35. The summed E-state index contributed by atoms with van der Waals surface area (Å²) in [5.41, 5.74) is 4.02. The second-order valence-electron chi connectivity index (χ2n) is 6.57. The van der Waals surface area contributed by atoms with Gasteiger partial charge in [-0.3, -0.25) is 4.79 Å². The number of benzene rings is 2. The number of para-hydroxylation sites is 4. The number of rotatable bonds is 4. The van der Waals surface area contributed by atoms with Crippen LogP contribution in [0.1, 0.15) is 0 Å². The summed E-state index contributed by atoms with van der Waals surface area (Å²) in [6, 6.07) is 17.8. The van der Waals surface area contributed by atoms with Gasteiger partial charge in [0.25, 0.3) is 0 Å². The van der Waals surface area contributed by atoms with E-state index < -0.39 is 0 Å². The van der Waals surface area contributed by atoms with Crippen molar-refractivity contribution in [1.29, 1.82) is 5.26 Å². The minimum atomic E-state index is -0.207. The van der Waals surface area contributed by atoms with Crippen molar-refractivity contribution in [3.05, 3.63) is 59.9 Å². The number of aryl methyl sites for hydroxylation is 1. The highest BCUT2D eigenvalue weighted by Gasteiger charge is 2.31. The molecule has 140 valence electrons. The molecule has 0 saturated heterocycles. The number of hydrogen-bond donors (Lipinski definition) is 0. The predicted molar refractivity (Wildman–Crippen MR) is 112 cm³/mol. The van der Waals surface area contributed by atoms with E-state index in [0.29, 0.717) is 5.82 Å². The lowest BCUT2D eigenvalue weighted by atomic mass is 10.2. The standard InChI is InChI=1S/C21H19N5OS/c1-24-17-10-6-7-11-18(17)25(2)20(24)14(12-22)19(27)13-28-21-23-15-8-4-5-9-16(15)26(21)3/h4-11H,13H2,1-3H3. The Morgan fingerprint density at radius 1 is 1.04 bits per heavy atom. The minimum Gasteiger partial charge on any atom is -0.328 e. The molecule has 0 amide bonds. The van der Waals surface area contributed by atoms with Gasteiger partial charge in [0, 0.05) is 21.1 Å². The van der Waals surface area contributed by atoms with Gasteiger partial charge in [0.1, 0.15) is 17.5 Å². The summed E-state index contributed by atoms with van der Waals surface area (Å²) in [5, 5.41) is 10.5. The molecular formula is C21H19N5OS. The van der Waals surface area contributed by atoms with Gasteiger partial charge in [0.15, 0.2) is 10.9 Å². The van der Waals surface area contributed by atoms with Gasteiger partial charge in [-0.05, 0) is 24.3 Å². The van der Waals surface area contributed by atoms with Gasteiger partial charge in [-0.2, -0.15) is 5.26 Å². The Bertz CT molecular complexity index is 1130. The van der Waals surface area contributed by atoms with E-state index in [9.17, 15) is 10.1 Å². The molecule has 1 aliphatic rings. The number of anilines is 2. The lowest BCUT2D eigenvalue weighted by molar-refractivity contribution is -0.112. The first-order valence-corrected chi connectivity index (χ1v) is 9.79. The van der Waals surface area contributed by atoms with Crippen LogP contribution in [0.4, 0.5) is 11.4 Å². The molecule has 1 aromatic heterocycles. The number of carbonyl (C=O) groups excluding carboxylic acids is 1. The predicted octanol–water partition coefficient (Wildman–Crippen LogP) is 3.56. The van der Waals surface area contributed by atoms with Crippen LogP contribution >= 0.6 is 11.8 Å². The van der Waals surface area contributed by atoms with Crippen LogP contribution in [-0.4, -0.2) is 35.2 Å². The highest BCUT2D eigenvalue weighted by Crippen LogP contribution is 2.40. The topological polar surface area (TPSA) is 65.2 Å². The maximum atomic E-state index is 12.9. The number of nitriles is 1. The molecule has 3 aromatic rings. The van der Waals surface area contributed by atoms with Crippen molar-refractivity contribution in [2.75, 3.05) is 29.6 Å². The van der Waals surface area contributed by atoms with Crippen molar-refractivity contribution in [3.8, 4) is 6.07 Å². The van der Waals surface area contributed by atoms with E-state index in [1.54, 1.807) is 0 Å². The van der Waals surface area contributed by atoms with Crippen LogP contribution in [0, 0.1) is 11.3 Å². The first kappa shape index (κ1) is 18.1. The first-order valence-electron chi connectivity index (χ1n) is 8.81. The fourth-order valence-corrected chi connectivity index (χ4v) is 4.37. The summed E-state index contributed by atoms with van der Waals surface area (Å²) in [6.07, 6.45) is 0. The maximum absolute atomic E-state index is 12.9. The van der Waals surface area contributed by atoms with E-state index in [4.69, 9.17) is 0 Å². The number of imidazole rings is 1. The zero-order valence-corrected chi connectivity index (χ0v) is 16.7. The highest BCUT2D eigenvalue weighted by molar-refractivity contribution is 7.99. The van der Waals surface area contributed by atoms with Gasteiger partial charge in [-0.15, -0.1) is 0 Å². The van der Waals surface area contributed by atoms with E-state index in [-0.39, 0.29) is 17.1 Å². The zero-order chi connectivity index (χ0) is 19.8. The van der Waals surface area contributed by atoms with Gasteiger partial charge in [-0.1, -0.05) is 36.0 Å². The number of aromatic nitrogens is 2. The lowest BCUT2D eigenvalue weighted by Gasteiger charge is -2.19. The number of allylic oxidation sites excluding steroid dienone is 1. The van der Waals surface area contributed by atoms with Crippen molar-refractivity contribution in [2.24, 2.45) is 7.05 Å². The molecule has 0 radical (unpaired) electrons. The largest absolute Gasteiger partial charge is 0.328 e. The number of nitrogens with zero attached hydrogens (tertiary/aromatic N) is 5. The van der Waals surface area contributed by atoms with Gasteiger partial charge < -0.3 is 14.4 Å². The van der Waals surface area contributed by atoms with Crippen LogP contribution in [0.15, 0.2) is 65.1 Å². The van der Waals surface area contributed by atoms with Gasteiger partial charge in [0.05, 0.1) is 28.2 Å².